The van der Waals surface area contributed by atoms with Crippen LogP contribution in [0.1, 0.15) is 42.9 Å². The van der Waals surface area contributed by atoms with E-state index in [0.717, 1.165) is 0 Å². The summed E-state index contributed by atoms with van der Waals surface area (Å²) in [6.07, 6.45) is 1.60. The number of hydrogen-bond acceptors (Lipinski definition) is 6. The van der Waals surface area contributed by atoms with Crippen molar-refractivity contribution in [2.45, 2.75) is 56.8 Å². The van der Waals surface area contributed by atoms with E-state index in [-0.39, 0.29) is 30.4 Å². The van der Waals surface area contributed by atoms with Gasteiger partial charge in [-0.1, -0.05) is 41.9 Å². The first kappa shape index (κ1) is 34.9. The van der Waals surface area contributed by atoms with Crippen molar-refractivity contribution in [2.75, 3.05) is 38.3 Å². The predicted molar refractivity (Wildman–Crippen MR) is 174 cm³/mol. The van der Waals surface area contributed by atoms with Gasteiger partial charge in [-0.3, -0.25) is 4.79 Å². The van der Waals surface area contributed by atoms with Crippen LogP contribution < -0.4 is 16.0 Å². The highest BCUT2D eigenvalue weighted by atomic mass is 35.5. The highest BCUT2D eigenvalue weighted by Gasteiger charge is 2.37. The topological polar surface area (TPSA) is 99.8 Å². The van der Waals surface area contributed by atoms with Gasteiger partial charge in [-0.2, -0.15) is 4.31 Å². The van der Waals surface area contributed by atoms with E-state index >= 15 is 4.39 Å². The SMILES string of the molecule is CN[C@H](C(=O)Nc1cccc(F)c1CC[C@H]1CNCC(COC(C)C)N1S(C)(=O)=O)[C@H](c1cccc(F)c1)c1cccc(Cl)c1. The van der Waals surface area contributed by atoms with E-state index in [1.54, 1.807) is 43.4 Å². The molecule has 0 aliphatic carbocycles. The average molecular weight is 663 g/mol. The lowest BCUT2D eigenvalue weighted by Crippen LogP contribution is -2.60. The zero-order chi connectivity index (χ0) is 32.7. The number of anilines is 1. The van der Waals surface area contributed by atoms with Gasteiger partial charge in [0.25, 0.3) is 0 Å². The van der Waals surface area contributed by atoms with Gasteiger partial charge < -0.3 is 20.7 Å². The van der Waals surface area contributed by atoms with E-state index in [4.69, 9.17) is 16.3 Å². The molecule has 4 rings (SSSR count). The number of halogens is 3. The van der Waals surface area contributed by atoms with Crippen molar-refractivity contribution >= 4 is 33.2 Å². The number of nitrogens with zero attached hydrogens (tertiary/aromatic N) is 1. The smallest absolute Gasteiger partial charge is 0.242 e. The molecule has 3 N–H and O–H groups in total. The number of piperazine rings is 1. The Bertz CT molecular complexity index is 1530. The second-order valence-electron chi connectivity index (χ2n) is 11.6. The molecule has 0 bridgehead atoms. The minimum absolute atomic E-state index is 0.0582. The Kier molecular flexibility index (Phi) is 12.1. The summed E-state index contributed by atoms with van der Waals surface area (Å²) >= 11 is 6.29. The van der Waals surface area contributed by atoms with Gasteiger partial charge in [-0.15, -0.1) is 0 Å². The molecular formula is C33H41ClF2N4O4S. The van der Waals surface area contributed by atoms with Gasteiger partial charge in [-0.25, -0.2) is 17.2 Å². The van der Waals surface area contributed by atoms with Crippen LogP contribution in [0.4, 0.5) is 14.5 Å². The van der Waals surface area contributed by atoms with Crippen molar-refractivity contribution < 1.29 is 26.7 Å². The first-order valence-electron chi connectivity index (χ1n) is 15.0. The largest absolute Gasteiger partial charge is 0.377 e. The molecule has 4 atom stereocenters. The Balaban J connectivity index is 1.59. The predicted octanol–water partition coefficient (Wildman–Crippen LogP) is 4.94. The van der Waals surface area contributed by atoms with Crippen LogP contribution in [0.3, 0.4) is 0 Å². The minimum Gasteiger partial charge on any atom is -0.377 e. The molecule has 3 aromatic rings. The van der Waals surface area contributed by atoms with E-state index < -0.39 is 51.6 Å². The highest BCUT2D eigenvalue weighted by Crippen LogP contribution is 2.32. The van der Waals surface area contributed by atoms with Crippen LogP contribution in [-0.4, -0.2) is 75.9 Å². The molecule has 1 fully saturated rings. The molecule has 0 spiro atoms. The summed E-state index contributed by atoms with van der Waals surface area (Å²) in [4.78, 5) is 13.9. The maximum absolute atomic E-state index is 15.3. The Hall–Kier alpha value is -2.93. The number of sulfonamides is 1. The van der Waals surface area contributed by atoms with Crippen LogP contribution in [0.25, 0.3) is 0 Å². The number of amides is 1. The molecule has 1 unspecified atom stereocenters. The Morgan fingerprint density at radius 1 is 1.04 bits per heavy atom. The summed E-state index contributed by atoms with van der Waals surface area (Å²) in [7, 11) is -1.97. The van der Waals surface area contributed by atoms with Crippen LogP contribution in [-0.2, 0) is 26.0 Å². The maximum atomic E-state index is 15.3. The van der Waals surface area contributed by atoms with Crippen molar-refractivity contribution in [3.63, 3.8) is 0 Å². The molecule has 8 nitrogen and oxygen atoms in total. The van der Waals surface area contributed by atoms with Gasteiger partial charge in [0.2, 0.25) is 15.9 Å². The van der Waals surface area contributed by atoms with Gasteiger partial charge in [0.15, 0.2) is 0 Å². The Morgan fingerprint density at radius 2 is 1.71 bits per heavy atom. The Morgan fingerprint density at radius 3 is 2.36 bits per heavy atom. The lowest BCUT2D eigenvalue weighted by Gasteiger charge is -2.41. The van der Waals surface area contributed by atoms with E-state index in [1.807, 2.05) is 19.9 Å². The number of hydrogen-bond donors (Lipinski definition) is 3. The first-order chi connectivity index (χ1) is 21.4. The fraction of sp³-hybridized carbons (Fsp3) is 0.424. The summed E-state index contributed by atoms with van der Waals surface area (Å²) in [5.74, 6) is -2.04. The molecule has 1 amide bonds. The zero-order valence-corrected chi connectivity index (χ0v) is 27.5. The molecule has 1 heterocycles. The fourth-order valence-electron chi connectivity index (χ4n) is 5.98. The van der Waals surface area contributed by atoms with Crippen LogP contribution >= 0.6 is 11.6 Å². The lowest BCUT2D eigenvalue weighted by atomic mass is 9.84. The van der Waals surface area contributed by atoms with Gasteiger partial charge in [-0.05, 0) is 81.3 Å². The quantitative estimate of drug-likeness (QED) is 0.240. The van der Waals surface area contributed by atoms with Crippen LogP contribution in [0, 0.1) is 11.6 Å². The summed E-state index contributed by atoms with van der Waals surface area (Å²) in [5.41, 5.74) is 1.80. The summed E-state index contributed by atoms with van der Waals surface area (Å²) in [5, 5.41) is 9.70. The lowest BCUT2D eigenvalue weighted by molar-refractivity contribution is -0.118. The van der Waals surface area contributed by atoms with Crippen molar-refractivity contribution in [2.24, 2.45) is 0 Å². The second kappa shape index (κ2) is 15.6. The molecular weight excluding hydrogens is 622 g/mol. The van der Waals surface area contributed by atoms with Gasteiger partial charge in [0.05, 0.1) is 31.1 Å². The maximum Gasteiger partial charge on any atom is 0.242 e. The Labute approximate surface area is 269 Å². The minimum atomic E-state index is -3.59. The van der Waals surface area contributed by atoms with Crippen molar-refractivity contribution in [3.8, 4) is 0 Å². The van der Waals surface area contributed by atoms with Crippen LogP contribution in [0.5, 0.6) is 0 Å². The molecule has 12 heteroatoms. The zero-order valence-electron chi connectivity index (χ0n) is 25.9. The van der Waals surface area contributed by atoms with E-state index in [0.29, 0.717) is 35.7 Å². The van der Waals surface area contributed by atoms with Gasteiger partial charge >= 0.3 is 0 Å². The number of ether oxygens (including phenoxy) is 1. The number of nitrogens with one attached hydrogen (secondary N) is 3. The second-order valence-corrected chi connectivity index (χ2v) is 13.9. The highest BCUT2D eigenvalue weighted by molar-refractivity contribution is 7.88. The molecule has 0 saturated carbocycles. The third-order valence-corrected chi connectivity index (χ3v) is 9.53. The third kappa shape index (κ3) is 9.08. The van der Waals surface area contributed by atoms with Crippen molar-refractivity contribution in [1.29, 1.82) is 0 Å². The number of likely N-dealkylation sites (N-methyl/N-ethyl adjacent to an activating group) is 1. The molecule has 1 aliphatic heterocycles. The summed E-state index contributed by atoms with van der Waals surface area (Å²) in [6.45, 7) is 4.86. The molecule has 0 radical (unpaired) electrons. The molecule has 244 valence electrons. The standard InChI is InChI=1S/C33H41ClF2N4O4S/c1-21(2)44-20-27-19-38-18-26(40(27)45(4,42)43)14-15-28-29(36)12-7-13-30(28)39-33(41)32(37-3)31(22-8-5-10-24(34)16-22)23-9-6-11-25(35)17-23/h5-13,16-17,21,26-27,31-32,37-38H,14-15,18-20H2,1-4H3,(H,39,41)/t26-,27?,31-,32-/m0/s1. The number of rotatable bonds is 13. The molecule has 0 aromatic heterocycles. The van der Waals surface area contributed by atoms with Crippen LogP contribution in [0.2, 0.25) is 5.02 Å². The van der Waals surface area contributed by atoms with Gasteiger partial charge in [0, 0.05) is 41.3 Å². The van der Waals surface area contributed by atoms with Crippen molar-refractivity contribution in [1.82, 2.24) is 14.9 Å². The first-order valence-corrected chi connectivity index (χ1v) is 17.2. The van der Waals surface area contributed by atoms with E-state index in [2.05, 4.69) is 16.0 Å². The summed E-state index contributed by atoms with van der Waals surface area (Å²) in [6, 6.07) is 15.8. The molecule has 1 saturated heterocycles. The van der Waals surface area contributed by atoms with Crippen LogP contribution in [0.15, 0.2) is 66.7 Å². The molecule has 3 aromatic carbocycles. The third-order valence-electron chi connectivity index (χ3n) is 7.93. The van der Waals surface area contributed by atoms with Gasteiger partial charge in [0.1, 0.15) is 11.6 Å². The average Bonchev–Trinajstić information content (AvgIpc) is 2.97. The number of benzene rings is 3. The van der Waals surface area contributed by atoms with E-state index in [9.17, 15) is 17.6 Å². The van der Waals surface area contributed by atoms with Crippen molar-refractivity contribution in [3.05, 3.63) is 100 Å². The fourth-order valence-corrected chi connectivity index (χ4v) is 7.58. The normalized spacial score (nSPS) is 18.9. The number of carbonyl (C=O) groups is 1. The monoisotopic (exact) mass is 662 g/mol. The van der Waals surface area contributed by atoms with E-state index in [1.165, 1.54) is 34.8 Å². The molecule has 1 aliphatic rings. The molecule has 45 heavy (non-hydrogen) atoms. The number of carbonyl (C=O) groups excluding carboxylic acids is 1. The summed E-state index contributed by atoms with van der Waals surface area (Å²) < 4.78 is 62.6.